The fraction of sp³-hybridized carbons (Fsp3) is 0.118. The van der Waals surface area contributed by atoms with Gasteiger partial charge in [0.1, 0.15) is 5.82 Å². The Kier molecular flexibility index (Phi) is 6.04. The molecule has 3 rings (SSSR count). The third-order valence-electron chi connectivity index (χ3n) is 3.68. The van der Waals surface area contributed by atoms with Crippen LogP contribution < -0.4 is 10.0 Å². The lowest BCUT2D eigenvalue weighted by molar-refractivity contribution is 0.102. The number of hydrogen-bond donors (Lipinski definition) is 2. The highest BCUT2D eigenvalue weighted by molar-refractivity contribution is 7.91. The lowest BCUT2D eigenvalue weighted by atomic mass is 10.1. The van der Waals surface area contributed by atoms with Crippen molar-refractivity contribution in [1.82, 2.24) is 14.9 Å². The molecule has 0 aliphatic carbocycles. The van der Waals surface area contributed by atoms with Crippen molar-refractivity contribution in [3.8, 4) is 0 Å². The van der Waals surface area contributed by atoms with Crippen molar-refractivity contribution in [1.29, 1.82) is 0 Å². The molecular weight excluding hydrogens is 427 g/mol. The standard InChI is InChI=1S/C17H14ClFN4O3S2/c1-10(11-6-8-12(19)9-7-11)23-28(25,26)17-22-21-16(27-17)20-15(24)13-4-2-3-5-14(13)18/h2-10,23H,1H3,(H,20,21,24). The van der Waals surface area contributed by atoms with E-state index in [1.807, 2.05) is 0 Å². The largest absolute Gasteiger partial charge is 0.296 e. The van der Waals surface area contributed by atoms with Gasteiger partial charge in [0.25, 0.3) is 15.9 Å². The molecule has 1 heterocycles. The summed E-state index contributed by atoms with van der Waals surface area (Å²) in [6.07, 6.45) is 0. The van der Waals surface area contributed by atoms with Crippen LogP contribution in [0.3, 0.4) is 0 Å². The molecule has 146 valence electrons. The first-order valence-electron chi connectivity index (χ1n) is 7.93. The summed E-state index contributed by atoms with van der Waals surface area (Å²) >= 11 is 6.67. The van der Waals surface area contributed by atoms with Crippen LogP contribution in [0, 0.1) is 5.82 Å². The summed E-state index contributed by atoms with van der Waals surface area (Å²) in [5.74, 6) is -0.944. The molecule has 0 fully saturated rings. The maximum atomic E-state index is 13.0. The van der Waals surface area contributed by atoms with E-state index in [2.05, 4.69) is 20.2 Å². The predicted molar refractivity (Wildman–Crippen MR) is 104 cm³/mol. The molecule has 0 bridgehead atoms. The van der Waals surface area contributed by atoms with Gasteiger partial charge in [-0.05, 0) is 36.8 Å². The summed E-state index contributed by atoms with van der Waals surface area (Å²) in [7, 11) is -3.98. The number of amides is 1. The Bertz CT molecular complexity index is 1100. The molecule has 0 radical (unpaired) electrons. The first-order valence-corrected chi connectivity index (χ1v) is 10.6. The molecule has 3 aromatic rings. The van der Waals surface area contributed by atoms with Gasteiger partial charge in [0, 0.05) is 6.04 Å². The summed E-state index contributed by atoms with van der Waals surface area (Å²) in [6.45, 7) is 1.62. The van der Waals surface area contributed by atoms with Crippen LogP contribution in [0.5, 0.6) is 0 Å². The lowest BCUT2D eigenvalue weighted by Crippen LogP contribution is -2.26. The van der Waals surface area contributed by atoms with Crippen molar-refractivity contribution < 1.29 is 17.6 Å². The summed E-state index contributed by atoms with van der Waals surface area (Å²) in [5, 5.41) is 10.1. The second-order valence-corrected chi connectivity index (χ2v) is 8.97. The molecule has 0 saturated heterocycles. The van der Waals surface area contributed by atoms with E-state index in [0.717, 1.165) is 0 Å². The Morgan fingerprint density at radius 2 is 1.82 bits per heavy atom. The molecule has 0 saturated carbocycles. The normalized spacial score (nSPS) is 12.5. The molecule has 1 atom stereocenters. The van der Waals surface area contributed by atoms with Crippen molar-refractivity contribution >= 4 is 44.0 Å². The van der Waals surface area contributed by atoms with Crippen LogP contribution in [0.4, 0.5) is 9.52 Å². The maximum Gasteiger partial charge on any atom is 0.270 e. The number of rotatable bonds is 6. The van der Waals surface area contributed by atoms with Gasteiger partial charge in [0.15, 0.2) is 0 Å². The minimum absolute atomic E-state index is 0.0136. The lowest BCUT2D eigenvalue weighted by Gasteiger charge is -2.12. The Balaban J connectivity index is 1.72. The summed E-state index contributed by atoms with van der Waals surface area (Å²) in [6, 6.07) is 11.3. The fourth-order valence-electron chi connectivity index (χ4n) is 2.28. The highest BCUT2D eigenvalue weighted by Crippen LogP contribution is 2.24. The van der Waals surface area contributed by atoms with Gasteiger partial charge in [0.05, 0.1) is 10.6 Å². The summed E-state index contributed by atoms with van der Waals surface area (Å²) < 4.78 is 40.1. The first kappa shape index (κ1) is 20.3. The average Bonchev–Trinajstić information content (AvgIpc) is 3.11. The number of anilines is 1. The smallest absolute Gasteiger partial charge is 0.270 e. The van der Waals surface area contributed by atoms with Gasteiger partial charge in [-0.15, -0.1) is 10.2 Å². The minimum atomic E-state index is -3.98. The molecule has 2 aromatic carbocycles. The quantitative estimate of drug-likeness (QED) is 0.570. The van der Waals surface area contributed by atoms with E-state index in [9.17, 15) is 17.6 Å². The van der Waals surface area contributed by atoms with Crippen molar-refractivity contribution in [2.75, 3.05) is 5.32 Å². The van der Waals surface area contributed by atoms with Gasteiger partial charge < -0.3 is 0 Å². The van der Waals surface area contributed by atoms with E-state index in [1.165, 1.54) is 30.3 Å². The molecule has 1 amide bonds. The topological polar surface area (TPSA) is 101 Å². The highest BCUT2D eigenvalue weighted by Gasteiger charge is 2.24. The van der Waals surface area contributed by atoms with Gasteiger partial charge in [-0.1, -0.05) is 47.2 Å². The van der Waals surface area contributed by atoms with Crippen LogP contribution >= 0.6 is 22.9 Å². The number of carbonyl (C=O) groups is 1. The van der Waals surface area contributed by atoms with Gasteiger partial charge in [-0.25, -0.2) is 17.5 Å². The highest BCUT2D eigenvalue weighted by atomic mass is 35.5. The number of halogens is 2. The monoisotopic (exact) mass is 440 g/mol. The van der Waals surface area contributed by atoms with Gasteiger partial charge in [0.2, 0.25) is 9.47 Å². The van der Waals surface area contributed by atoms with E-state index in [-0.39, 0.29) is 20.1 Å². The number of hydrogen-bond acceptors (Lipinski definition) is 6. The van der Waals surface area contributed by atoms with Crippen molar-refractivity contribution in [2.24, 2.45) is 0 Å². The third kappa shape index (κ3) is 4.71. The SMILES string of the molecule is CC(NS(=O)(=O)c1nnc(NC(=O)c2ccccc2Cl)s1)c1ccc(F)cc1. The molecular formula is C17H14ClFN4O3S2. The number of nitrogens with zero attached hydrogens (tertiary/aromatic N) is 2. The van der Waals surface area contributed by atoms with Gasteiger partial charge in [-0.2, -0.15) is 0 Å². The molecule has 28 heavy (non-hydrogen) atoms. The molecule has 0 aliphatic rings. The van der Waals surface area contributed by atoms with Crippen molar-refractivity contribution in [2.45, 2.75) is 17.3 Å². The Labute approximate surface area is 169 Å². The molecule has 0 spiro atoms. The summed E-state index contributed by atoms with van der Waals surface area (Å²) in [5.41, 5.74) is 0.813. The molecule has 0 aliphatic heterocycles. The zero-order valence-electron chi connectivity index (χ0n) is 14.4. The second-order valence-electron chi connectivity index (χ2n) is 5.70. The van der Waals surface area contributed by atoms with Crippen LogP contribution in [0.2, 0.25) is 5.02 Å². The number of sulfonamides is 1. The fourth-order valence-corrected chi connectivity index (χ4v) is 4.65. The second kappa shape index (κ2) is 8.31. The third-order valence-corrected chi connectivity index (χ3v) is 6.75. The summed E-state index contributed by atoms with van der Waals surface area (Å²) in [4.78, 5) is 12.2. The zero-order chi connectivity index (χ0) is 20.3. The Morgan fingerprint density at radius 1 is 1.14 bits per heavy atom. The minimum Gasteiger partial charge on any atom is -0.296 e. The van der Waals surface area contributed by atoms with E-state index in [0.29, 0.717) is 16.9 Å². The number of carbonyl (C=O) groups excluding carboxylic acids is 1. The number of nitrogens with one attached hydrogen (secondary N) is 2. The van der Waals surface area contributed by atoms with Crippen LogP contribution in [0.15, 0.2) is 52.9 Å². The van der Waals surface area contributed by atoms with E-state index in [1.54, 1.807) is 25.1 Å². The molecule has 1 aromatic heterocycles. The molecule has 1 unspecified atom stereocenters. The van der Waals surface area contributed by atoms with E-state index in [4.69, 9.17) is 11.6 Å². The van der Waals surface area contributed by atoms with Crippen LogP contribution in [-0.4, -0.2) is 24.5 Å². The Hall–Kier alpha value is -2.40. The molecule has 11 heteroatoms. The van der Waals surface area contributed by atoms with E-state index < -0.39 is 27.8 Å². The van der Waals surface area contributed by atoms with E-state index >= 15 is 0 Å². The predicted octanol–water partition coefficient (Wildman–Crippen LogP) is 3.62. The Morgan fingerprint density at radius 3 is 2.50 bits per heavy atom. The number of aromatic nitrogens is 2. The first-order chi connectivity index (χ1) is 13.3. The van der Waals surface area contributed by atoms with Gasteiger partial charge >= 0.3 is 0 Å². The van der Waals surface area contributed by atoms with Crippen LogP contribution in [-0.2, 0) is 10.0 Å². The van der Waals surface area contributed by atoms with Crippen molar-refractivity contribution in [3.05, 3.63) is 70.5 Å². The average molecular weight is 441 g/mol. The molecule has 2 N–H and O–H groups in total. The molecule has 7 nitrogen and oxygen atoms in total. The van der Waals surface area contributed by atoms with Crippen molar-refractivity contribution in [3.63, 3.8) is 0 Å². The number of benzene rings is 2. The van der Waals surface area contributed by atoms with Crippen LogP contribution in [0.25, 0.3) is 0 Å². The zero-order valence-corrected chi connectivity index (χ0v) is 16.8. The van der Waals surface area contributed by atoms with Crippen LogP contribution in [0.1, 0.15) is 28.9 Å². The maximum absolute atomic E-state index is 13.0. The van der Waals surface area contributed by atoms with Gasteiger partial charge in [-0.3, -0.25) is 10.1 Å².